The topological polar surface area (TPSA) is 30.0 Å². The number of carbonyl (C=O) groups is 1. The quantitative estimate of drug-likeness (QED) is 0.562. The summed E-state index contributed by atoms with van der Waals surface area (Å²) in [5.74, 6) is 0. The molecule has 0 spiro atoms. The third-order valence-electron chi connectivity index (χ3n) is 1.84. The second kappa shape index (κ2) is 3.26. The van der Waals surface area contributed by atoms with Gasteiger partial charge in [-0.05, 0) is 28.1 Å². The van der Waals surface area contributed by atoms with Crippen molar-refractivity contribution in [3.8, 4) is 0 Å². The van der Waals surface area contributed by atoms with E-state index in [1.54, 1.807) is 6.07 Å². The molecule has 0 aliphatic rings. The van der Waals surface area contributed by atoms with Gasteiger partial charge in [0.1, 0.15) is 4.60 Å². The average Bonchev–Trinajstić information content (AvgIpc) is 2.16. The smallest absolute Gasteiger partial charge is 0.150 e. The summed E-state index contributed by atoms with van der Waals surface area (Å²) in [5, 5.41) is 0.890. The maximum absolute atomic E-state index is 10.7. The Morgan fingerprint density at radius 1 is 1.31 bits per heavy atom. The van der Waals surface area contributed by atoms with E-state index < -0.39 is 0 Å². The van der Waals surface area contributed by atoms with Crippen LogP contribution in [0, 0.1) is 0 Å². The van der Waals surface area contributed by atoms with Gasteiger partial charge >= 0.3 is 0 Å². The van der Waals surface area contributed by atoms with Gasteiger partial charge in [0, 0.05) is 10.9 Å². The molecule has 0 aliphatic heterocycles. The van der Waals surface area contributed by atoms with Crippen LogP contribution in [0.25, 0.3) is 10.9 Å². The van der Waals surface area contributed by atoms with Crippen LogP contribution >= 0.6 is 15.9 Å². The third kappa shape index (κ3) is 1.47. The van der Waals surface area contributed by atoms with Crippen molar-refractivity contribution < 1.29 is 4.79 Å². The molecule has 0 N–H and O–H groups in total. The van der Waals surface area contributed by atoms with Gasteiger partial charge in [-0.2, -0.15) is 0 Å². The highest BCUT2D eigenvalue weighted by atomic mass is 79.9. The van der Waals surface area contributed by atoms with Crippen LogP contribution in [-0.4, -0.2) is 11.3 Å². The van der Waals surface area contributed by atoms with Crippen molar-refractivity contribution in [2.24, 2.45) is 0 Å². The molecule has 0 fully saturated rings. The molecule has 0 unspecified atom stereocenters. The first-order chi connectivity index (χ1) is 6.31. The fourth-order valence-corrected chi connectivity index (χ4v) is 1.70. The molecule has 1 aromatic carbocycles. The number of pyridine rings is 1. The summed E-state index contributed by atoms with van der Waals surface area (Å²) in [5.41, 5.74) is 1.50. The van der Waals surface area contributed by atoms with Crippen LogP contribution in [0.2, 0.25) is 0 Å². The lowest BCUT2D eigenvalue weighted by atomic mass is 10.1. The van der Waals surface area contributed by atoms with E-state index in [1.165, 1.54) is 0 Å². The molecule has 0 bridgehead atoms. The summed E-state index contributed by atoms with van der Waals surface area (Å²) in [7, 11) is 0. The van der Waals surface area contributed by atoms with Gasteiger partial charge in [0.05, 0.1) is 5.52 Å². The Balaban J connectivity index is 2.89. The SMILES string of the molecule is O=Cc1cc(Br)nc2ccccc12. The van der Waals surface area contributed by atoms with Crippen LogP contribution in [0.5, 0.6) is 0 Å². The highest BCUT2D eigenvalue weighted by Crippen LogP contribution is 2.19. The van der Waals surface area contributed by atoms with Crippen molar-refractivity contribution in [1.82, 2.24) is 4.98 Å². The van der Waals surface area contributed by atoms with E-state index in [1.807, 2.05) is 24.3 Å². The number of fused-ring (bicyclic) bond motifs is 1. The minimum absolute atomic E-state index is 0.664. The Kier molecular flexibility index (Phi) is 2.10. The number of rotatable bonds is 1. The average molecular weight is 236 g/mol. The van der Waals surface area contributed by atoms with Gasteiger partial charge in [-0.15, -0.1) is 0 Å². The van der Waals surface area contributed by atoms with E-state index in [0.29, 0.717) is 10.2 Å². The molecule has 0 amide bonds. The number of halogens is 1. The Morgan fingerprint density at radius 3 is 2.85 bits per heavy atom. The van der Waals surface area contributed by atoms with Crippen LogP contribution < -0.4 is 0 Å². The molecule has 0 aliphatic carbocycles. The third-order valence-corrected chi connectivity index (χ3v) is 2.25. The molecule has 2 nitrogen and oxygen atoms in total. The largest absolute Gasteiger partial charge is 0.298 e. The molecule has 2 aromatic rings. The lowest BCUT2D eigenvalue weighted by molar-refractivity contribution is 0.112. The molecule has 0 atom stereocenters. The Labute approximate surface area is 83.7 Å². The summed E-state index contributed by atoms with van der Waals surface area (Å²) in [6.07, 6.45) is 0.842. The van der Waals surface area contributed by atoms with Gasteiger partial charge in [-0.3, -0.25) is 4.79 Å². The zero-order valence-corrected chi connectivity index (χ0v) is 8.28. The van der Waals surface area contributed by atoms with E-state index in [0.717, 1.165) is 17.2 Å². The first-order valence-corrected chi connectivity index (χ1v) is 4.61. The van der Waals surface area contributed by atoms with Gasteiger partial charge in [-0.25, -0.2) is 4.98 Å². The minimum Gasteiger partial charge on any atom is -0.298 e. The summed E-state index contributed by atoms with van der Waals surface area (Å²) < 4.78 is 0.688. The van der Waals surface area contributed by atoms with Gasteiger partial charge in [0.2, 0.25) is 0 Å². The van der Waals surface area contributed by atoms with Crippen molar-refractivity contribution in [3.05, 3.63) is 40.5 Å². The van der Waals surface area contributed by atoms with E-state index >= 15 is 0 Å². The fourth-order valence-electron chi connectivity index (χ4n) is 1.27. The van der Waals surface area contributed by atoms with Crippen LogP contribution in [0.4, 0.5) is 0 Å². The molecule has 0 radical (unpaired) electrons. The summed E-state index contributed by atoms with van der Waals surface area (Å²) >= 11 is 3.25. The maximum Gasteiger partial charge on any atom is 0.150 e. The monoisotopic (exact) mass is 235 g/mol. The highest BCUT2D eigenvalue weighted by Gasteiger charge is 2.01. The molecule has 1 aromatic heterocycles. The standard InChI is InChI=1S/C10H6BrNO/c11-10-5-7(6-13)8-3-1-2-4-9(8)12-10/h1-6H. The molecule has 2 rings (SSSR count). The summed E-state index contributed by atoms with van der Waals surface area (Å²) in [6, 6.07) is 9.28. The lowest BCUT2D eigenvalue weighted by Crippen LogP contribution is -1.87. The molecule has 64 valence electrons. The van der Waals surface area contributed by atoms with Crippen LogP contribution in [0.1, 0.15) is 10.4 Å². The number of benzene rings is 1. The van der Waals surface area contributed by atoms with Gasteiger partial charge < -0.3 is 0 Å². The van der Waals surface area contributed by atoms with Crippen molar-refractivity contribution in [2.45, 2.75) is 0 Å². The number of aldehydes is 1. The van der Waals surface area contributed by atoms with Gasteiger partial charge in [0.25, 0.3) is 0 Å². The maximum atomic E-state index is 10.7. The second-order valence-electron chi connectivity index (χ2n) is 2.67. The van der Waals surface area contributed by atoms with Crippen LogP contribution in [-0.2, 0) is 0 Å². The number of carbonyl (C=O) groups excluding carboxylic acids is 1. The second-order valence-corrected chi connectivity index (χ2v) is 3.48. The normalized spacial score (nSPS) is 10.2. The fraction of sp³-hybridized carbons (Fsp3) is 0. The van der Waals surface area contributed by atoms with Crippen molar-refractivity contribution >= 4 is 33.1 Å². The summed E-state index contributed by atoms with van der Waals surface area (Å²) in [6.45, 7) is 0. The molecule has 1 heterocycles. The van der Waals surface area contributed by atoms with E-state index in [9.17, 15) is 4.79 Å². The minimum atomic E-state index is 0.664. The predicted molar refractivity (Wildman–Crippen MR) is 54.8 cm³/mol. The Hall–Kier alpha value is -1.22. The predicted octanol–water partition coefficient (Wildman–Crippen LogP) is 2.81. The zero-order valence-electron chi connectivity index (χ0n) is 6.70. The zero-order chi connectivity index (χ0) is 9.26. The molecule has 3 heteroatoms. The van der Waals surface area contributed by atoms with Gasteiger partial charge in [0.15, 0.2) is 6.29 Å². The Morgan fingerprint density at radius 2 is 2.08 bits per heavy atom. The van der Waals surface area contributed by atoms with Crippen molar-refractivity contribution in [2.75, 3.05) is 0 Å². The van der Waals surface area contributed by atoms with Crippen LogP contribution in [0.15, 0.2) is 34.9 Å². The molecule has 0 saturated heterocycles. The first-order valence-electron chi connectivity index (χ1n) is 3.82. The number of aromatic nitrogens is 1. The molecule has 13 heavy (non-hydrogen) atoms. The molecular formula is C10H6BrNO. The molecule has 0 saturated carbocycles. The Bertz CT molecular complexity index is 467. The number of hydrogen-bond acceptors (Lipinski definition) is 2. The number of hydrogen-bond donors (Lipinski definition) is 0. The first kappa shape index (κ1) is 8.38. The van der Waals surface area contributed by atoms with Crippen molar-refractivity contribution in [1.29, 1.82) is 0 Å². The van der Waals surface area contributed by atoms with E-state index in [4.69, 9.17) is 0 Å². The number of para-hydroxylation sites is 1. The van der Waals surface area contributed by atoms with Crippen molar-refractivity contribution in [3.63, 3.8) is 0 Å². The summed E-state index contributed by atoms with van der Waals surface area (Å²) in [4.78, 5) is 15.0. The van der Waals surface area contributed by atoms with Crippen LogP contribution in [0.3, 0.4) is 0 Å². The highest BCUT2D eigenvalue weighted by molar-refractivity contribution is 9.10. The van der Waals surface area contributed by atoms with E-state index in [-0.39, 0.29) is 0 Å². The molecular weight excluding hydrogens is 230 g/mol. The van der Waals surface area contributed by atoms with E-state index in [2.05, 4.69) is 20.9 Å². The number of nitrogens with zero attached hydrogens (tertiary/aromatic N) is 1. The van der Waals surface area contributed by atoms with Gasteiger partial charge in [-0.1, -0.05) is 18.2 Å². The lowest BCUT2D eigenvalue weighted by Gasteiger charge is -2.00.